The normalized spacial score (nSPS) is 13.2. The van der Waals surface area contributed by atoms with E-state index in [0.717, 1.165) is 47.8 Å². The van der Waals surface area contributed by atoms with Crippen molar-refractivity contribution in [1.82, 2.24) is 29.8 Å². The van der Waals surface area contributed by atoms with Crippen LogP contribution < -0.4 is 10.6 Å². The Morgan fingerprint density at radius 1 is 0.889 bits per heavy atom. The zero-order valence-corrected chi connectivity index (χ0v) is 25.4. The maximum atomic E-state index is 12.3. The summed E-state index contributed by atoms with van der Waals surface area (Å²) >= 11 is 2.77. The number of rotatable bonds is 7. The van der Waals surface area contributed by atoms with Gasteiger partial charge >= 0.3 is 6.03 Å². The Hall–Kier alpha value is -5.12. The summed E-state index contributed by atoms with van der Waals surface area (Å²) in [5.74, 6) is 0.308. The van der Waals surface area contributed by atoms with E-state index in [1.165, 1.54) is 22.7 Å². The molecular weight excluding hydrogens is 615 g/mol. The molecule has 6 rings (SSSR count). The Bertz CT molecular complexity index is 1770. The average Bonchev–Trinajstić information content (AvgIpc) is 3.75. The molecule has 0 atom stereocenters. The van der Waals surface area contributed by atoms with Gasteiger partial charge in [0.15, 0.2) is 0 Å². The predicted octanol–water partition coefficient (Wildman–Crippen LogP) is 5.86. The summed E-state index contributed by atoms with van der Waals surface area (Å²) in [5.41, 5.74) is 11.0. The molecule has 1 aliphatic heterocycles. The van der Waals surface area contributed by atoms with Crippen LogP contribution in [0.5, 0.6) is 0 Å². The molecule has 14 nitrogen and oxygen atoms in total. The van der Waals surface area contributed by atoms with Crippen LogP contribution in [0.25, 0.3) is 31.6 Å². The first-order valence-electron chi connectivity index (χ1n) is 13.7. The maximum Gasteiger partial charge on any atom is 0.326 e. The number of piperidine rings is 1. The van der Waals surface area contributed by atoms with E-state index in [1.54, 1.807) is 53.7 Å². The van der Waals surface area contributed by atoms with E-state index >= 15 is 0 Å². The van der Waals surface area contributed by atoms with Crippen molar-refractivity contribution < 1.29 is 14.7 Å². The summed E-state index contributed by atoms with van der Waals surface area (Å²) in [7, 11) is 0. The highest BCUT2D eigenvalue weighted by atomic mass is 32.1. The zero-order valence-electron chi connectivity index (χ0n) is 23.7. The summed E-state index contributed by atoms with van der Waals surface area (Å²) in [6, 6.07) is 12.5. The second kappa shape index (κ2) is 15.6. The molecule has 1 aliphatic rings. The number of carbonyl (C=O) groups excluding carboxylic acids is 2. The standard InChI is InChI=1S/C20H22N6O2S.C9H5N5OS/c27-16-6-10-26(11-7-16)12-15-2-1-3-17(22-15)24-20(28)25-18-13-29-19(23-18)14-4-8-21-9-5-14;10-14-13-8(15)7-5-16-9(12-7)6-1-3-11-4-2-6/h1-5,8-9,13,16,27H,6-7,10-12H2,(H2,22,24,25,28);1-5H. The first kappa shape index (κ1) is 31.3. The van der Waals surface area contributed by atoms with Gasteiger partial charge in [-0.3, -0.25) is 30.3 Å². The van der Waals surface area contributed by atoms with E-state index in [1.807, 2.05) is 24.3 Å². The van der Waals surface area contributed by atoms with Gasteiger partial charge in [-0.05, 0) is 59.9 Å². The molecule has 0 spiro atoms. The van der Waals surface area contributed by atoms with E-state index in [9.17, 15) is 14.7 Å². The summed E-state index contributed by atoms with van der Waals surface area (Å²) < 4.78 is 0. The molecule has 45 heavy (non-hydrogen) atoms. The number of nitrogens with zero attached hydrogens (tertiary/aromatic N) is 9. The third-order valence-electron chi connectivity index (χ3n) is 6.45. The van der Waals surface area contributed by atoms with E-state index in [-0.39, 0.29) is 17.8 Å². The maximum absolute atomic E-state index is 12.3. The first-order chi connectivity index (χ1) is 22.0. The number of thiazole rings is 2. The Morgan fingerprint density at radius 3 is 2.18 bits per heavy atom. The Balaban J connectivity index is 0.000000211. The Kier molecular flexibility index (Phi) is 10.8. The third kappa shape index (κ3) is 9.18. The van der Waals surface area contributed by atoms with E-state index < -0.39 is 5.91 Å². The third-order valence-corrected chi connectivity index (χ3v) is 8.23. The number of urea groups is 1. The molecule has 3 N–H and O–H groups in total. The Morgan fingerprint density at radius 2 is 1.51 bits per heavy atom. The summed E-state index contributed by atoms with van der Waals surface area (Å²) in [6.07, 6.45) is 8.09. The van der Waals surface area contributed by atoms with Crippen molar-refractivity contribution in [2.75, 3.05) is 23.7 Å². The van der Waals surface area contributed by atoms with Crippen LogP contribution in [0.4, 0.5) is 16.4 Å². The monoisotopic (exact) mass is 641 g/mol. The lowest BCUT2D eigenvalue weighted by atomic mass is 10.1. The number of pyridine rings is 3. The Labute approximate surface area is 265 Å². The SMILES string of the molecule is O=C(Nc1cccc(CN2CCC(O)CC2)n1)Nc1csc(-c2ccncc2)n1.[N-]=[N+]=NC(=O)c1csc(-c2ccncc2)n1. The molecule has 0 radical (unpaired) electrons. The summed E-state index contributed by atoms with van der Waals surface area (Å²) in [4.78, 5) is 49.1. The van der Waals surface area contributed by atoms with Crippen LogP contribution in [-0.4, -0.2) is 66.1 Å². The fourth-order valence-electron chi connectivity index (χ4n) is 4.26. The number of hydrogen-bond donors (Lipinski definition) is 3. The number of anilines is 2. The molecule has 0 aliphatic carbocycles. The number of aliphatic hydroxyl groups is 1. The van der Waals surface area contributed by atoms with Crippen molar-refractivity contribution in [3.05, 3.63) is 99.8 Å². The van der Waals surface area contributed by atoms with Crippen LogP contribution in [0.15, 0.2) is 83.1 Å². The molecule has 228 valence electrons. The molecular formula is C29H27N11O3S2. The number of likely N-dealkylation sites (tertiary alicyclic amines) is 1. The topological polar surface area (TPSA) is 195 Å². The largest absolute Gasteiger partial charge is 0.393 e. The van der Waals surface area contributed by atoms with Crippen LogP contribution in [0.2, 0.25) is 0 Å². The van der Waals surface area contributed by atoms with Crippen molar-refractivity contribution in [3.8, 4) is 21.1 Å². The molecule has 16 heteroatoms. The lowest BCUT2D eigenvalue weighted by molar-refractivity contribution is 0.0787. The summed E-state index contributed by atoms with van der Waals surface area (Å²) in [5, 5.41) is 23.0. The summed E-state index contributed by atoms with van der Waals surface area (Å²) in [6.45, 7) is 2.40. The second-order valence-corrected chi connectivity index (χ2v) is 11.4. The van der Waals surface area contributed by atoms with E-state index in [4.69, 9.17) is 5.53 Å². The van der Waals surface area contributed by atoms with Crippen LogP contribution >= 0.6 is 22.7 Å². The van der Waals surface area contributed by atoms with Crippen molar-refractivity contribution in [3.63, 3.8) is 0 Å². The average molecular weight is 642 g/mol. The van der Waals surface area contributed by atoms with Gasteiger partial charge in [-0.25, -0.2) is 19.7 Å². The number of aliphatic hydroxyl groups excluding tert-OH is 1. The fourth-order valence-corrected chi connectivity index (χ4v) is 5.81. The minimum atomic E-state index is -0.668. The molecule has 0 saturated carbocycles. The van der Waals surface area contributed by atoms with Gasteiger partial charge in [0.2, 0.25) is 0 Å². The molecule has 0 bridgehead atoms. The molecule has 5 aromatic heterocycles. The van der Waals surface area contributed by atoms with Gasteiger partial charge in [0.25, 0.3) is 5.91 Å². The van der Waals surface area contributed by atoms with E-state index in [2.05, 4.69) is 50.5 Å². The molecule has 0 aromatic carbocycles. The smallest absolute Gasteiger partial charge is 0.326 e. The zero-order chi connectivity index (χ0) is 31.4. The number of azide groups is 1. The number of aromatic nitrogens is 5. The minimum absolute atomic E-state index is 0.162. The van der Waals surface area contributed by atoms with Crippen molar-refractivity contribution in [2.24, 2.45) is 5.11 Å². The number of amides is 3. The second-order valence-electron chi connectivity index (χ2n) is 9.64. The van der Waals surface area contributed by atoms with Gasteiger partial charge in [0.1, 0.15) is 27.3 Å². The van der Waals surface area contributed by atoms with Crippen molar-refractivity contribution in [2.45, 2.75) is 25.5 Å². The lowest BCUT2D eigenvalue weighted by Crippen LogP contribution is -2.35. The fraction of sp³-hybridized carbons (Fsp3) is 0.207. The highest BCUT2D eigenvalue weighted by Crippen LogP contribution is 2.25. The molecule has 1 fully saturated rings. The van der Waals surface area contributed by atoms with Crippen molar-refractivity contribution in [1.29, 1.82) is 0 Å². The van der Waals surface area contributed by atoms with Gasteiger partial charge in [-0.1, -0.05) is 6.07 Å². The number of hydrogen-bond acceptors (Lipinski definition) is 11. The van der Waals surface area contributed by atoms with Crippen LogP contribution in [0.3, 0.4) is 0 Å². The quantitative estimate of drug-likeness (QED) is 0.111. The molecule has 5 aromatic rings. The van der Waals surface area contributed by atoms with Crippen molar-refractivity contribution >= 4 is 46.2 Å². The van der Waals surface area contributed by atoms with Crippen LogP contribution in [0, 0.1) is 0 Å². The molecule has 1 saturated heterocycles. The van der Waals surface area contributed by atoms with Gasteiger partial charge in [-0.15, -0.1) is 22.7 Å². The number of nitrogens with one attached hydrogen (secondary N) is 2. The number of carbonyl (C=O) groups is 2. The molecule has 0 unspecified atom stereocenters. The van der Waals surface area contributed by atoms with Gasteiger partial charge in [0, 0.05) is 71.2 Å². The highest BCUT2D eigenvalue weighted by Gasteiger charge is 2.17. The lowest BCUT2D eigenvalue weighted by Gasteiger charge is -2.29. The highest BCUT2D eigenvalue weighted by molar-refractivity contribution is 7.13. The predicted molar refractivity (Wildman–Crippen MR) is 172 cm³/mol. The first-order valence-corrected chi connectivity index (χ1v) is 15.5. The van der Waals surface area contributed by atoms with Gasteiger partial charge in [-0.2, -0.15) is 0 Å². The van der Waals surface area contributed by atoms with E-state index in [0.29, 0.717) is 23.2 Å². The molecule has 6 heterocycles. The molecule has 3 amide bonds. The van der Waals surface area contributed by atoms with Crippen LogP contribution in [0.1, 0.15) is 29.0 Å². The minimum Gasteiger partial charge on any atom is -0.393 e. The van der Waals surface area contributed by atoms with Gasteiger partial charge < -0.3 is 5.11 Å². The van der Waals surface area contributed by atoms with Gasteiger partial charge in [0.05, 0.1) is 11.8 Å². The van der Waals surface area contributed by atoms with Crippen LogP contribution in [-0.2, 0) is 6.54 Å².